The Morgan fingerprint density at radius 1 is 1.47 bits per heavy atom. The predicted octanol–water partition coefficient (Wildman–Crippen LogP) is 3.78. The van der Waals surface area contributed by atoms with E-state index in [-0.39, 0.29) is 5.78 Å². The van der Waals surface area contributed by atoms with Gasteiger partial charge in [-0.05, 0) is 43.7 Å². The Labute approximate surface area is 94.8 Å². The van der Waals surface area contributed by atoms with E-state index in [1.165, 1.54) is 36.1 Å². The number of hydrogen-bond acceptors (Lipinski definition) is 2. The van der Waals surface area contributed by atoms with Crippen LogP contribution in [0.3, 0.4) is 0 Å². The van der Waals surface area contributed by atoms with Crippen LogP contribution in [0.5, 0.6) is 0 Å². The molecular formula is C13H16OS. The molecule has 2 heteroatoms. The number of thiophene rings is 1. The quantitative estimate of drug-likeness (QED) is 0.557. The Bertz CT molecular complexity index is 352. The second-order valence-corrected chi connectivity index (χ2v) is 5.15. The van der Waals surface area contributed by atoms with Gasteiger partial charge in [-0.25, -0.2) is 0 Å². The van der Waals surface area contributed by atoms with E-state index in [4.69, 9.17) is 0 Å². The summed E-state index contributed by atoms with van der Waals surface area (Å²) in [6.07, 6.45) is 8.13. The van der Waals surface area contributed by atoms with Crippen LogP contribution in [0, 0.1) is 0 Å². The minimum absolute atomic E-state index is 0.286. The first kappa shape index (κ1) is 10.6. The highest BCUT2D eigenvalue weighted by Crippen LogP contribution is 2.30. The van der Waals surface area contributed by atoms with Gasteiger partial charge in [0.1, 0.15) is 0 Å². The number of ketones is 1. The molecule has 1 heterocycles. The minimum Gasteiger partial charge on any atom is -0.293 e. The lowest BCUT2D eigenvalue weighted by molar-refractivity contribution is 0.0987. The van der Waals surface area contributed by atoms with Gasteiger partial charge >= 0.3 is 0 Å². The van der Waals surface area contributed by atoms with Crippen LogP contribution in [0.15, 0.2) is 18.7 Å². The normalized spacial score (nSPS) is 14.7. The Balaban J connectivity index is 2.11. The van der Waals surface area contributed by atoms with Crippen LogP contribution in [0.2, 0.25) is 0 Å². The van der Waals surface area contributed by atoms with Crippen molar-refractivity contribution in [1.82, 2.24) is 0 Å². The summed E-state index contributed by atoms with van der Waals surface area (Å²) < 4.78 is 0. The summed E-state index contributed by atoms with van der Waals surface area (Å²) in [5, 5.41) is 0. The molecule has 0 N–H and O–H groups in total. The van der Waals surface area contributed by atoms with Gasteiger partial charge < -0.3 is 0 Å². The van der Waals surface area contributed by atoms with Gasteiger partial charge in [-0.2, -0.15) is 0 Å². The fourth-order valence-electron chi connectivity index (χ4n) is 1.98. The molecule has 2 rings (SSSR count). The summed E-state index contributed by atoms with van der Waals surface area (Å²) >= 11 is 1.71. The van der Waals surface area contributed by atoms with Crippen molar-refractivity contribution < 1.29 is 4.79 Å². The number of rotatable bonds is 4. The first-order chi connectivity index (χ1) is 7.31. The monoisotopic (exact) mass is 220 g/mol. The van der Waals surface area contributed by atoms with Crippen molar-refractivity contribution in [2.75, 3.05) is 0 Å². The molecule has 0 saturated carbocycles. The number of carbonyl (C=O) groups excluding carboxylic acids is 1. The van der Waals surface area contributed by atoms with Gasteiger partial charge in [0.2, 0.25) is 0 Å². The van der Waals surface area contributed by atoms with E-state index >= 15 is 0 Å². The van der Waals surface area contributed by atoms with E-state index in [0.717, 1.165) is 11.3 Å². The van der Waals surface area contributed by atoms with E-state index in [2.05, 4.69) is 12.6 Å². The molecule has 0 unspecified atom stereocenters. The molecular weight excluding hydrogens is 204 g/mol. The fourth-order valence-corrected chi connectivity index (χ4v) is 3.21. The Hall–Kier alpha value is -0.890. The van der Waals surface area contributed by atoms with Gasteiger partial charge in [-0.15, -0.1) is 17.9 Å². The average Bonchev–Trinajstić information content (AvgIpc) is 2.69. The van der Waals surface area contributed by atoms with Crippen molar-refractivity contribution in [3.63, 3.8) is 0 Å². The van der Waals surface area contributed by atoms with E-state index in [1.54, 1.807) is 11.3 Å². The third-order valence-electron chi connectivity index (χ3n) is 2.85. The molecule has 0 amide bonds. The van der Waals surface area contributed by atoms with Gasteiger partial charge in [-0.1, -0.05) is 6.08 Å². The standard InChI is InChI=1S/C13H16OS/c1-2-3-7-11(14)13-9-10-6-4-5-8-12(10)15-13/h2,9H,1,3-8H2. The van der Waals surface area contributed by atoms with Gasteiger partial charge in [0.25, 0.3) is 0 Å². The Morgan fingerprint density at radius 2 is 2.27 bits per heavy atom. The number of aryl methyl sites for hydroxylation is 2. The Morgan fingerprint density at radius 3 is 3.00 bits per heavy atom. The molecule has 0 radical (unpaired) electrons. The molecule has 80 valence electrons. The maximum absolute atomic E-state index is 11.8. The lowest BCUT2D eigenvalue weighted by Gasteiger charge is -2.08. The summed E-state index contributed by atoms with van der Waals surface area (Å²) in [5.41, 5.74) is 1.42. The van der Waals surface area contributed by atoms with Crippen LogP contribution in [-0.2, 0) is 12.8 Å². The molecule has 1 nitrogen and oxygen atoms in total. The molecule has 1 aliphatic carbocycles. The maximum Gasteiger partial charge on any atom is 0.173 e. The molecule has 15 heavy (non-hydrogen) atoms. The van der Waals surface area contributed by atoms with Crippen LogP contribution < -0.4 is 0 Å². The number of Topliss-reactive ketones (excluding diaryl/α,β-unsaturated/α-hetero) is 1. The second kappa shape index (κ2) is 4.75. The van der Waals surface area contributed by atoms with Crippen molar-refractivity contribution in [1.29, 1.82) is 0 Å². The summed E-state index contributed by atoms with van der Waals surface area (Å²) in [6, 6.07) is 2.12. The molecule has 0 aromatic carbocycles. The Kier molecular flexibility index (Phi) is 3.37. The number of hydrogen-bond donors (Lipinski definition) is 0. The molecule has 1 aromatic heterocycles. The number of allylic oxidation sites excluding steroid dienone is 1. The summed E-state index contributed by atoms with van der Waals surface area (Å²) in [5.74, 6) is 0.286. The zero-order valence-electron chi connectivity index (χ0n) is 8.92. The van der Waals surface area contributed by atoms with Crippen molar-refractivity contribution >= 4 is 17.1 Å². The largest absolute Gasteiger partial charge is 0.293 e. The van der Waals surface area contributed by atoms with E-state index in [0.29, 0.717) is 6.42 Å². The van der Waals surface area contributed by atoms with Gasteiger partial charge in [0.05, 0.1) is 4.88 Å². The lowest BCUT2D eigenvalue weighted by atomic mass is 9.99. The minimum atomic E-state index is 0.286. The molecule has 0 spiro atoms. The average molecular weight is 220 g/mol. The number of carbonyl (C=O) groups is 1. The van der Waals surface area contributed by atoms with Crippen LogP contribution in [0.1, 0.15) is 45.8 Å². The van der Waals surface area contributed by atoms with E-state index < -0.39 is 0 Å². The lowest BCUT2D eigenvalue weighted by Crippen LogP contribution is -1.97. The van der Waals surface area contributed by atoms with E-state index in [1.807, 2.05) is 6.08 Å². The molecule has 1 aliphatic rings. The maximum atomic E-state index is 11.8. The zero-order valence-corrected chi connectivity index (χ0v) is 9.74. The molecule has 0 aliphatic heterocycles. The first-order valence-corrected chi connectivity index (χ1v) is 6.38. The number of fused-ring (bicyclic) bond motifs is 1. The van der Waals surface area contributed by atoms with Crippen molar-refractivity contribution in [2.24, 2.45) is 0 Å². The second-order valence-electron chi connectivity index (χ2n) is 4.02. The highest BCUT2D eigenvalue weighted by molar-refractivity contribution is 7.14. The summed E-state index contributed by atoms with van der Waals surface area (Å²) in [6.45, 7) is 3.64. The van der Waals surface area contributed by atoms with Crippen LogP contribution >= 0.6 is 11.3 Å². The third kappa shape index (κ3) is 2.37. The molecule has 1 aromatic rings. The van der Waals surface area contributed by atoms with Crippen molar-refractivity contribution in [3.8, 4) is 0 Å². The summed E-state index contributed by atoms with van der Waals surface area (Å²) in [4.78, 5) is 14.2. The molecule has 0 bridgehead atoms. The summed E-state index contributed by atoms with van der Waals surface area (Å²) in [7, 11) is 0. The topological polar surface area (TPSA) is 17.1 Å². The first-order valence-electron chi connectivity index (χ1n) is 5.57. The molecule has 0 saturated heterocycles. The van der Waals surface area contributed by atoms with Gasteiger partial charge in [0, 0.05) is 11.3 Å². The van der Waals surface area contributed by atoms with Crippen LogP contribution in [0.25, 0.3) is 0 Å². The molecule has 0 atom stereocenters. The highest BCUT2D eigenvalue weighted by Gasteiger charge is 2.16. The smallest absolute Gasteiger partial charge is 0.173 e. The zero-order chi connectivity index (χ0) is 10.7. The third-order valence-corrected chi connectivity index (χ3v) is 4.13. The van der Waals surface area contributed by atoms with Gasteiger partial charge in [-0.3, -0.25) is 4.79 Å². The van der Waals surface area contributed by atoms with Gasteiger partial charge in [0.15, 0.2) is 5.78 Å². The van der Waals surface area contributed by atoms with Crippen LogP contribution in [0.4, 0.5) is 0 Å². The predicted molar refractivity (Wildman–Crippen MR) is 64.7 cm³/mol. The highest BCUT2D eigenvalue weighted by atomic mass is 32.1. The van der Waals surface area contributed by atoms with E-state index in [9.17, 15) is 4.79 Å². The van der Waals surface area contributed by atoms with Crippen molar-refractivity contribution in [3.05, 3.63) is 34.0 Å². The fraction of sp³-hybridized carbons (Fsp3) is 0.462. The SMILES string of the molecule is C=CCCC(=O)c1cc2c(s1)CCCC2. The molecule has 0 fully saturated rings. The van der Waals surface area contributed by atoms with Crippen LogP contribution in [-0.4, -0.2) is 5.78 Å². The van der Waals surface area contributed by atoms with Crippen molar-refractivity contribution in [2.45, 2.75) is 38.5 Å².